The molecule has 22 heavy (non-hydrogen) atoms. The summed E-state index contributed by atoms with van der Waals surface area (Å²) in [5.74, 6) is 0. The molecule has 0 bridgehead atoms. The van der Waals surface area contributed by atoms with Gasteiger partial charge in [0.25, 0.3) is 0 Å². The van der Waals surface area contributed by atoms with Gasteiger partial charge >= 0.3 is 0 Å². The summed E-state index contributed by atoms with van der Waals surface area (Å²) >= 11 is 0. The predicted octanol–water partition coefficient (Wildman–Crippen LogP) is 4.33. The highest BCUT2D eigenvalue weighted by molar-refractivity contribution is 5.80. The lowest BCUT2D eigenvalue weighted by Gasteiger charge is -2.25. The number of hydrogen-bond acceptors (Lipinski definition) is 1. The molecule has 2 aromatic carbocycles. The molecule has 1 fully saturated rings. The number of H-pyrrole nitrogens is 1. The highest BCUT2D eigenvalue weighted by Crippen LogP contribution is 2.36. The number of likely N-dealkylation sites (tertiary alicyclic amines) is 1. The van der Waals surface area contributed by atoms with Gasteiger partial charge in [-0.05, 0) is 47.7 Å². The highest BCUT2D eigenvalue weighted by atomic mass is 15.2. The van der Waals surface area contributed by atoms with Crippen LogP contribution in [0.2, 0.25) is 0 Å². The van der Waals surface area contributed by atoms with Crippen LogP contribution in [-0.4, -0.2) is 23.0 Å². The molecule has 0 spiro atoms. The van der Waals surface area contributed by atoms with Crippen molar-refractivity contribution in [3.8, 4) is 0 Å². The first-order valence-corrected chi connectivity index (χ1v) is 8.07. The first kappa shape index (κ1) is 13.6. The predicted molar refractivity (Wildman–Crippen MR) is 92.0 cm³/mol. The number of hydrogen-bond donors (Lipinski definition) is 1. The van der Waals surface area contributed by atoms with Gasteiger partial charge in [0, 0.05) is 30.2 Å². The smallest absolute Gasteiger partial charge is 0.0454 e. The molecule has 1 aliphatic rings. The normalized spacial score (nSPS) is 22.4. The molecule has 1 aromatic heterocycles. The van der Waals surface area contributed by atoms with Crippen molar-refractivity contribution in [2.24, 2.45) is 0 Å². The third-order valence-corrected chi connectivity index (χ3v) is 5.05. The van der Waals surface area contributed by atoms with E-state index in [1.54, 1.807) is 0 Å². The minimum absolute atomic E-state index is 0.264. The fraction of sp³-hybridized carbons (Fsp3) is 0.300. The van der Waals surface area contributed by atoms with Gasteiger partial charge < -0.3 is 4.98 Å². The van der Waals surface area contributed by atoms with Crippen LogP contribution in [0.4, 0.5) is 0 Å². The quantitative estimate of drug-likeness (QED) is 0.760. The van der Waals surface area contributed by atoms with Gasteiger partial charge in [-0.15, -0.1) is 0 Å². The molecule has 2 heterocycles. The van der Waals surface area contributed by atoms with Gasteiger partial charge in [0.05, 0.1) is 0 Å². The molecule has 112 valence electrons. The van der Waals surface area contributed by atoms with Crippen molar-refractivity contribution in [2.75, 3.05) is 13.1 Å². The molecule has 0 aliphatic carbocycles. The van der Waals surface area contributed by atoms with E-state index >= 15 is 0 Å². The lowest BCUT2D eigenvalue weighted by atomic mass is 9.81. The summed E-state index contributed by atoms with van der Waals surface area (Å²) in [5.41, 5.74) is 4.37. The topological polar surface area (TPSA) is 19.0 Å². The summed E-state index contributed by atoms with van der Waals surface area (Å²) in [6.45, 7) is 5.78. The maximum atomic E-state index is 3.28. The molecule has 4 rings (SSSR count). The summed E-state index contributed by atoms with van der Waals surface area (Å²) in [4.78, 5) is 5.86. The molecule has 3 aromatic rings. The Morgan fingerprint density at radius 3 is 2.82 bits per heavy atom. The van der Waals surface area contributed by atoms with Crippen molar-refractivity contribution in [3.05, 3.63) is 71.9 Å². The number of rotatable bonds is 3. The van der Waals surface area contributed by atoms with Crippen molar-refractivity contribution >= 4 is 10.9 Å². The Balaban J connectivity index is 1.54. The SMILES string of the molecule is CC1(c2ccc3[nH]ccc3c2)CCN(Cc2ccccc2)C1. The van der Waals surface area contributed by atoms with Gasteiger partial charge in [-0.2, -0.15) is 0 Å². The van der Waals surface area contributed by atoms with Gasteiger partial charge in [-0.1, -0.05) is 43.3 Å². The molecule has 1 N–H and O–H groups in total. The maximum absolute atomic E-state index is 3.28. The number of nitrogens with one attached hydrogen (secondary N) is 1. The first-order chi connectivity index (χ1) is 10.7. The second-order valence-electron chi connectivity index (χ2n) is 6.79. The summed E-state index contributed by atoms with van der Waals surface area (Å²) in [6, 6.07) is 19.8. The van der Waals surface area contributed by atoms with Gasteiger partial charge in [0.1, 0.15) is 0 Å². The number of nitrogens with zero attached hydrogens (tertiary/aromatic N) is 1. The summed E-state index contributed by atoms with van der Waals surface area (Å²) in [7, 11) is 0. The fourth-order valence-corrected chi connectivity index (χ4v) is 3.70. The number of aromatic amines is 1. The molecular formula is C20H22N2. The van der Waals surface area contributed by atoms with Crippen LogP contribution in [0.3, 0.4) is 0 Å². The van der Waals surface area contributed by atoms with E-state index in [9.17, 15) is 0 Å². The first-order valence-electron chi connectivity index (χ1n) is 8.07. The van der Waals surface area contributed by atoms with Crippen LogP contribution in [0.15, 0.2) is 60.8 Å². The van der Waals surface area contributed by atoms with E-state index in [1.807, 2.05) is 6.20 Å². The number of aromatic nitrogens is 1. The van der Waals surface area contributed by atoms with Gasteiger partial charge in [0.15, 0.2) is 0 Å². The molecule has 2 nitrogen and oxygen atoms in total. The van der Waals surface area contributed by atoms with Crippen LogP contribution in [0.25, 0.3) is 10.9 Å². The second kappa shape index (κ2) is 5.29. The molecule has 0 amide bonds. The fourth-order valence-electron chi connectivity index (χ4n) is 3.70. The molecule has 1 atom stereocenters. The van der Waals surface area contributed by atoms with Gasteiger partial charge in [0.2, 0.25) is 0 Å². The van der Waals surface area contributed by atoms with Crippen LogP contribution in [0.1, 0.15) is 24.5 Å². The molecule has 1 unspecified atom stereocenters. The number of fused-ring (bicyclic) bond motifs is 1. The summed E-state index contributed by atoms with van der Waals surface area (Å²) < 4.78 is 0. The van der Waals surface area contributed by atoms with E-state index < -0.39 is 0 Å². The summed E-state index contributed by atoms with van der Waals surface area (Å²) in [6.07, 6.45) is 3.25. The Hall–Kier alpha value is -2.06. The van der Waals surface area contributed by atoms with Gasteiger partial charge in [-0.3, -0.25) is 4.90 Å². The highest BCUT2D eigenvalue weighted by Gasteiger charge is 2.35. The van der Waals surface area contributed by atoms with Crippen LogP contribution in [0.5, 0.6) is 0 Å². The third kappa shape index (κ3) is 2.44. The van der Waals surface area contributed by atoms with E-state index in [4.69, 9.17) is 0 Å². The Kier molecular flexibility index (Phi) is 3.27. The summed E-state index contributed by atoms with van der Waals surface area (Å²) in [5, 5.41) is 1.32. The lowest BCUT2D eigenvalue weighted by molar-refractivity contribution is 0.309. The Labute approximate surface area is 131 Å². The average molecular weight is 290 g/mol. The Bertz CT molecular complexity index is 775. The Morgan fingerprint density at radius 1 is 1.09 bits per heavy atom. The molecule has 0 saturated carbocycles. The lowest BCUT2D eigenvalue weighted by Crippen LogP contribution is -2.28. The van der Waals surface area contributed by atoms with Crippen LogP contribution < -0.4 is 0 Å². The molecular weight excluding hydrogens is 268 g/mol. The van der Waals surface area contributed by atoms with Crippen LogP contribution >= 0.6 is 0 Å². The molecule has 1 saturated heterocycles. The molecule has 1 aliphatic heterocycles. The van der Waals surface area contributed by atoms with E-state index in [2.05, 4.69) is 71.4 Å². The van der Waals surface area contributed by atoms with Crippen molar-refractivity contribution in [1.82, 2.24) is 9.88 Å². The zero-order valence-corrected chi connectivity index (χ0v) is 13.0. The van der Waals surface area contributed by atoms with E-state index in [-0.39, 0.29) is 5.41 Å². The largest absolute Gasteiger partial charge is 0.361 e. The van der Waals surface area contributed by atoms with Crippen molar-refractivity contribution in [1.29, 1.82) is 0 Å². The van der Waals surface area contributed by atoms with Gasteiger partial charge in [-0.25, -0.2) is 0 Å². The minimum Gasteiger partial charge on any atom is -0.361 e. The van der Waals surface area contributed by atoms with Crippen molar-refractivity contribution in [2.45, 2.75) is 25.3 Å². The van der Waals surface area contributed by atoms with Crippen LogP contribution in [-0.2, 0) is 12.0 Å². The second-order valence-corrected chi connectivity index (χ2v) is 6.79. The maximum Gasteiger partial charge on any atom is 0.0454 e. The van der Waals surface area contributed by atoms with Crippen LogP contribution in [0, 0.1) is 0 Å². The molecule has 0 radical (unpaired) electrons. The monoisotopic (exact) mass is 290 g/mol. The van der Waals surface area contributed by atoms with Crippen molar-refractivity contribution < 1.29 is 0 Å². The third-order valence-electron chi connectivity index (χ3n) is 5.05. The minimum atomic E-state index is 0.264. The Morgan fingerprint density at radius 2 is 1.95 bits per heavy atom. The van der Waals surface area contributed by atoms with E-state index in [1.165, 1.54) is 35.0 Å². The zero-order valence-electron chi connectivity index (χ0n) is 13.0. The zero-order chi connectivity index (χ0) is 15.0. The van der Waals surface area contributed by atoms with E-state index in [0.717, 1.165) is 13.1 Å². The molecule has 2 heteroatoms. The average Bonchev–Trinajstić information content (AvgIpc) is 3.15. The standard InChI is InChI=1S/C20H22N2/c1-20(18-7-8-19-17(13-18)9-11-21-19)10-12-22(15-20)14-16-5-3-2-4-6-16/h2-9,11,13,21H,10,12,14-15H2,1H3. The van der Waals surface area contributed by atoms with Crippen molar-refractivity contribution in [3.63, 3.8) is 0 Å². The van der Waals surface area contributed by atoms with E-state index in [0.29, 0.717) is 0 Å². The number of benzene rings is 2.